The number of carbonyl (C=O) groups is 1. The number of esters is 1. The van der Waals surface area contributed by atoms with Gasteiger partial charge in [0.1, 0.15) is 16.4 Å². The van der Waals surface area contributed by atoms with Crippen LogP contribution in [0.25, 0.3) is 10.1 Å². The largest absolute Gasteiger partial charge is 0.450 e. The van der Waals surface area contributed by atoms with Gasteiger partial charge in [0.2, 0.25) is 0 Å². The zero-order chi connectivity index (χ0) is 26.1. The number of ether oxygens (including phenoxy) is 1. The first-order chi connectivity index (χ1) is 17.0. The molecular weight excluding hydrogens is 517 g/mol. The van der Waals surface area contributed by atoms with E-state index in [-0.39, 0.29) is 33.0 Å². The van der Waals surface area contributed by atoms with E-state index in [1.165, 1.54) is 42.5 Å². The number of carbonyl (C=O) groups excluding carboxylic acids is 1. The lowest BCUT2D eigenvalue weighted by Gasteiger charge is -2.23. The van der Waals surface area contributed by atoms with Gasteiger partial charge >= 0.3 is 19.2 Å². The van der Waals surface area contributed by atoms with Crippen LogP contribution < -0.4 is 9.26 Å². The summed E-state index contributed by atoms with van der Waals surface area (Å²) in [6.07, 6.45) is 0. The molecule has 9 nitrogen and oxygen atoms in total. The third-order valence-corrected chi connectivity index (χ3v) is 7.39. The van der Waals surface area contributed by atoms with Gasteiger partial charge in [-0.15, -0.1) is 11.3 Å². The molecular formula is C23H13F2N2O7PS. The van der Waals surface area contributed by atoms with Gasteiger partial charge in [-0.3, -0.25) is 10.1 Å². The number of nitrogens with zero attached hydrogens (tertiary/aromatic N) is 2. The molecule has 1 heterocycles. The van der Waals surface area contributed by atoms with Gasteiger partial charge in [-0.05, 0) is 53.9 Å². The molecule has 0 aliphatic heterocycles. The number of alkyl halides is 2. The molecule has 1 atom stereocenters. The number of non-ortho nitro benzene ring substituents is 1. The Morgan fingerprint density at radius 2 is 1.81 bits per heavy atom. The summed E-state index contributed by atoms with van der Waals surface area (Å²) in [6, 6.07) is 16.0. The number of nitro benzene ring substituents is 1. The van der Waals surface area contributed by atoms with Crippen LogP contribution in [-0.2, 0) is 10.2 Å². The molecule has 1 unspecified atom stereocenters. The van der Waals surface area contributed by atoms with Crippen molar-refractivity contribution in [2.45, 2.75) is 5.66 Å². The molecule has 4 rings (SSSR count). The highest BCUT2D eigenvalue weighted by Crippen LogP contribution is 2.62. The number of halogens is 2. The Bertz CT molecular complexity index is 1580. The first-order valence-corrected chi connectivity index (χ1v) is 12.3. The molecule has 36 heavy (non-hydrogen) atoms. The zero-order valence-corrected chi connectivity index (χ0v) is 19.5. The Morgan fingerprint density at radius 1 is 1.08 bits per heavy atom. The van der Waals surface area contributed by atoms with Gasteiger partial charge in [0.25, 0.3) is 5.69 Å². The Labute approximate surface area is 205 Å². The highest BCUT2D eigenvalue weighted by atomic mass is 32.1. The van der Waals surface area contributed by atoms with Crippen LogP contribution in [0.2, 0.25) is 0 Å². The predicted molar refractivity (Wildman–Crippen MR) is 125 cm³/mol. The molecule has 4 aromatic rings. The van der Waals surface area contributed by atoms with E-state index in [0.717, 1.165) is 41.7 Å². The molecule has 0 saturated carbocycles. The lowest BCUT2D eigenvalue weighted by Crippen LogP contribution is -2.17. The van der Waals surface area contributed by atoms with E-state index in [0.29, 0.717) is 4.70 Å². The number of hydrogen-bond acceptors (Lipinski definition) is 8. The van der Waals surface area contributed by atoms with Crippen molar-refractivity contribution in [2.24, 2.45) is 0 Å². The van der Waals surface area contributed by atoms with Crippen molar-refractivity contribution in [3.8, 4) is 17.6 Å². The number of nitriles is 1. The van der Waals surface area contributed by atoms with Gasteiger partial charge < -0.3 is 14.2 Å². The van der Waals surface area contributed by atoms with Gasteiger partial charge in [-0.25, -0.2) is 9.36 Å². The molecule has 0 aliphatic carbocycles. The van der Waals surface area contributed by atoms with Crippen LogP contribution in [0.3, 0.4) is 0 Å². The maximum atomic E-state index is 15.0. The van der Waals surface area contributed by atoms with Crippen LogP contribution >= 0.6 is 18.9 Å². The summed E-state index contributed by atoms with van der Waals surface area (Å²) in [6.45, 7) is 0. The summed E-state index contributed by atoms with van der Waals surface area (Å²) in [7, 11) is -5.60. The molecule has 0 bridgehead atoms. The quantitative estimate of drug-likeness (QED) is 0.0977. The fourth-order valence-electron chi connectivity index (χ4n) is 3.11. The molecule has 13 heteroatoms. The second-order valence-corrected chi connectivity index (χ2v) is 10.2. The smallest absolute Gasteiger partial charge is 0.422 e. The highest BCUT2D eigenvalue weighted by molar-refractivity contribution is 7.54. The molecule has 0 amide bonds. The molecule has 0 saturated heterocycles. The fourth-order valence-corrected chi connectivity index (χ4v) is 5.01. The predicted octanol–water partition coefficient (Wildman–Crippen LogP) is 6.21. The number of hydrogen-bond donors (Lipinski definition) is 1. The SMILES string of the molecule is N#Cc1cccc(OP(=O)(O)C(F)(F)c2ccc3sc(C(=O)Oc4ccc([N+](=O)[O-])cc4)cc3c2)c1. The standard InChI is InChI=1S/C23H13F2N2O7PS/c24-23(25,35(31,32)34-19-3-1-2-14(10-19)13-26)16-4-9-20-15(11-16)12-21(36-20)22(28)33-18-7-5-17(6-8-18)27(29)30/h1-12H,(H,31,32). The number of thiophene rings is 1. The maximum absolute atomic E-state index is 15.0. The van der Waals surface area contributed by atoms with E-state index in [2.05, 4.69) is 0 Å². The lowest BCUT2D eigenvalue weighted by molar-refractivity contribution is -0.384. The average molecular weight is 530 g/mol. The second-order valence-electron chi connectivity index (χ2n) is 7.30. The van der Waals surface area contributed by atoms with Crippen molar-refractivity contribution in [3.63, 3.8) is 0 Å². The van der Waals surface area contributed by atoms with Crippen LogP contribution in [-0.4, -0.2) is 15.8 Å². The van der Waals surface area contributed by atoms with Crippen molar-refractivity contribution >= 4 is 40.7 Å². The molecule has 1 aromatic heterocycles. The molecule has 0 spiro atoms. The van der Waals surface area contributed by atoms with Crippen LogP contribution in [0.5, 0.6) is 11.5 Å². The van der Waals surface area contributed by atoms with Crippen molar-refractivity contribution < 1.29 is 37.2 Å². The highest BCUT2D eigenvalue weighted by Gasteiger charge is 2.54. The lowest BCUT2D eigenvalue weighted by atomic mass is 10.1. The second kappa shape index (κ2) is 9.47. The van der Waals surface area contributed by atoms with Crippen molar-refractivity contribution in [2.75, 3.05) is 0 Å². The van der Waals surface area contributed by atoms with Gasteiger partial charge in [0, 0.05) is 22.4 Å². The van der Waals surface area contributed by atoms with Crippen LogP contribution in [0, 0.1) is 21.4 Å². The first-order valence-electron chi connectivity index (χ1n) is 9.91. The summed E-state index contributed by atoms with van der Waals surface area (Å²) in [5, 5.41) is 19.8. The number of benzene rings is 3. The van der Waals surface area contributed by atoms with Crippen molar-refractivity contribution in [1.29, 1.82) is 5.26 Å². The molecule has 182 valence electrons. The average Bonchev–Trinajstić information content (AvgIpc) is 3.28. The minimum absolute atomic E-state index is 0.0501. The third kappa shape index (κ3) is 4.94. The van der Waals surface area contributed by atoms with E-state index >= 15 is 8.78 Å². The summed E-state index contributed by atoms with van der Waals surface area (Å²) < 4.78 is 52.9. The summed E-state index contributed by atoms with van der Waals surface area (Å²) >= 11 is 0.945. The van der Waals surface area contributed by atoms with Gasteiger partial charge in [-0.1, -0.05) is 12.1 Å². The third-order valence-electron chi connectivity index (χ3n) is 4.87. The minimum Gasteiger partial charge on any atom is -0.422 e. The normalized spacial score (nSPS) is 12.9. The van der Waals surface area contributed by atoms with Crippen LogP contribution in [0.4, 0.5) is 14.5 Å². The van der Waals surface area contributed by atoms with Gasteiger partial charge in [0.05, 0.1) is 16.6 Å². The van der Waals surface area contributed by atoms with Crippen molar-refractivity contribution in [1.82, 2.24) is 0 Å². The Morgan fingerprint density at radius 3 is 2.47 bits per heavy atom. The summed E-state index contributed by atoms with van der Waals surface area (Å²) in [4.78, 5) is 32.7. The molecule has 0 radical (unpaired) electrons. The van der Waals surface area contributed by atoms with Gasteiger partial charge in [-0.2, -0.15) is 14.0 Å². The van der Waals surface area contributed by atoms with E-state index in [9.17, 15) is 24.4 Å². The molecule has 3 aromatic carbocycles. The van der Waals surface area contributed by atoms with Gasteiger partial charge in [0.15, 0.2) is 0 Å². The van der Waals surface area contributed by atoms with E-state index in [4.69, 9.17) is 14.5 Å². The topological polar surface area (TPSA) is 140 Å². The van der Waals surface area contributed by atoms with Crippen molar-refractivity contribution in [3.05, 3.63) is 98.9 Å². The van der Waals surface area contributed by atoms with Crippen LogP contribution in [0.1, 0.15) is 20.8 Å². The van der Waals surface area contributed by atoms with Crippen LogP contribution in [0.15, 0.2) is 72.8 Å². The first kappa shape index (κ1) is 24.9. The Kier molecular flexibility index (Phi) is 6.56. The minimum atomic E-state index is -5.60. The zero-order valence-electron chi connectivity index (χ0n) is 17.8. The number of rotatable bonds is 7. The van der Waals surface area contributed by atoms with E-state index in [1.807, 2.05) is 0 Å². The molecule has 1 N–H and O–H groups in total. The van der Waals surface area contributed by atoms with E-state index < -0.39 is 29.7 Å². The summed E-state index contributed by atoms with van der Waals surface area (Å²) in [5.74, 6) is -1.13. The molecule has 0 fully saturated rings. The Balaban J connectivity index is 1.57. The summed E-state index contributed by atoms with van der Waals surface area (Å²) in [5.41, 5.74) is -5.26. The monoisotopic (exact) mass is 530 g/mol. The molecule has 0 aliphatic rings. The fraction of sp³-hybridized carbons (Fsp3) is 0.0435. The number of fused-ring (bicyclic) bond motifs is 1. The maximum Gasteiger partial charge on any atom is 0.450 e. The Hall–Kier alpha value is -4.17. The van der Waals surface area contributed by atoms with E-state index in [1.54, 1.807) is 6.07 Å². The number of nitro groups is 1.